The summed E-state index contributed by atoms with van der Waals surface area (Å²) in [5.74, 6) is 0.248. The van der Waals surface area contributed by atoms with Crippen LogP contribution in [-0.2, 0) is 4.79 Å². The van der Waals surface area contributed by atoms with Crippen LogP contribution in [0.15, 0.2) is 0 Å². The molecule has 1 N–H and O–H groups in total. The molecule has 3 heteroatoms. The number of unbranched alkanes of at least 4 members (excludes halogenated alkanes) is 4. The van der Waals surface area contributed by atoms with Gasteiger partial charge in [0.2, 0.25) is 5.91 Å². The minimum atomic E-state index is 0.248. The molecule has 100 valence electrons. The highest BCUT2D eigenvalue weighted by molar-refractivity contribution is 9.09. The summed E-state index contributed by atoms with van der Waals surface area (Å²) in [6, 6.07) is 0.367. The third kappa shape index (κ3) is 6.44. The van der Waals surface area contributed by atoms with Crippen molar-refractivity contribution in [2.75, 3.05) is 0 Å². The SMILES string of the molecule is CCCCCCCC(=O)NC1CCCCC1Br. The third-order valence-corrected chi connectivity index (χ3v) is 4.63. The van der Waals surface area contributed by atoms with Gasteiger partial charge < -0.3 is 5.32 Å². The molecule has 1 saturated carbocycles. The standard InChI is InChI=1S/C14H26BrNO/c1-2-3-4-5-6-11-14(17)16-13-10-8-7-9-12(13)15/h12-13H,2-11H2,1H3,(H,16,17). The first-order valence-corrected chi connectivity index (χ1v) is 8.09. The normalized spacial score (nSPS) is 24.6. The van der Waals surface area contributed by atoms with E-state index in [4.69, 9.17) is 0 Å². The molecule has 17 heavy (non-hydrogen) atoms. The van der Waals surface area contributed by atoms with Crippen molar-refractivity contribution in [3.05, 3.63) is 0 Å². The van der Waals surface area contributed by atoms with Crippen LogP contribution in [-0.4, -0.2) is 16.8 Å². The molecule has 0 aromatic carbocycles. The predicted octanol–water partition coefficient (Wildman–Crippen LogP) is 4.17. The van der Waals surface area contributed by atoms with Crippen LogP contribution in [0.25, 0.3) is 0 Å². The van der Waals surface area contributed by atoms with E-state index in [1.165, 1.54) is 44.9 Å². The van der Waals surface area contributed by atoms with Crippen molar-refractivity contribution in [3.63, 3.8) is 0 Å². The quantitative estimate of drug-likeness (QED) is 0.555. The molecule has 0 spiro atoms. The first kappa shape index (κ1) is 15.0. The van der Waals surface area contributed by atoms with Gasteiger partial charge in [-0.05, 0) is 19.3 Å². The van der Waals surface area contributed by atoms with E-state index in [9.17, 15) is 4.79 Å². The zero-order valence-electron chi connectivity index (χ0n) is 11.0. The number of carbonyl (C=O) groups is 1. The fraction of sp³-hybridized carbons (Fsp3) is 0.929. The summed E-state index contributed by atoms with van der Waals surface area (Å²) in [5.41, 5.74) is 0. The summed E-state index contributed by atoms with van der Waals surface area (Å²) >= 11 is 3.67. The molecule has 1 rings (SSSR count). The molecule has 1 fully saturated rings. The Balaban J connectivity index is 2.07. The highest BCUT2D eigenvalue weighted by Crippen LogP contribution is 2.24. The second-order valence-corrected chi connectivity index (χ2v) is 6.31. The Morgan fingerprint density at radius 1 is 1.18 bits per heavy atom. The molecular weight excluding hydrogens is 278 g/mol. The van der Waals surface area contributed by atoms with Gasteiger partial charge in [-0.1, -0.05) is 61.4 Å². The average Bonchev–Trinajstić information content (AvgIpc) is 2.32. The molecule has 2 nitrogen and oxygen atoms in total. The van der Waals surface area contributed by atoms with E-state index in [-0.39, 0.29) is 5.91 Å². The zero-order chi connectivity index (χ0) is 12.5. The molecule has 0 radical (unpaired) electrons. The van der Waals surface area contributed by atoms with Crippen molar-refractivity contribution >= 4 is 21.8 Å². The lowest BCUT2D eigenvalue weighted by atomic mass is 9.95. The molecule has 2 atom stereocenters. The molecule has 2 unspecified atom stereocenters. The van der Waals surface area contributed by atoms with Gasteiger partial charge >= 0.3 is 0 Å². The summed E-state index contributed by atoms with van der Waals surface area (Å²) in [6.45, 7) is 2.21. The molecule has 0 bridgehead atoms. The van der Waals surface area contributed by atoms with E-state index in [1.54, 1.807) is 0 Å². The highest BCUT2D eigenvalue weighted by atomic mass is 79.9. The number of rotatable bonds is 7. The summed E-state index contributed by atoms with van der Waals surface area (Å²) in [7, 11) is 0. The number of amides is 1. The Bertz CT molecular complexity index is 220. The fourth-order valence-electron chi connectivity index (χ4n) is 2.42. The average molecular weight is 304 g/mol. The molecule has 0 aromatic heterocycles. The van der Waals surface area contributed by atoms with Gasteiger partial charge in [-0.25, -0.2) is 0 Å². The molecule has 1 amide bonds. The van der Waals surface area contributed by atoms with Gasteiger partial charge in [0.25, 0.3) is 0 Å². The lowest BCUT2D eigenvalue weighted by molar-refractivity contribution is -0.122. The number of hydrogen-bond acceptors (Lipinski definition) is 1. The third-order valence-electron chi connectivity index (χ3n) is 3.54. The fourth-order valence-corrected chi connectivity index (χ4v) is 3.14. The second kappa shape index (κ2) is 8.96. The molecule has 0 aliphatic heterocycles. The van der Waals surface area contributed by atoms with E-state index < -0.39 is 0 Å². The van der Waals surface area contributed by atoms with Gasteiger partial charge in [0, 0.05) is 17.3 Å². The Morgan fingerprint density at radius 3 is 2.59 bits per heavy atom. The van der Waals surface area contributed by atoms with Crippen LogP contribution in [0.1, 0.15) is 71.1 Å². The van der Waals surface area contributed by atoms with Crippen molar-refractivity contribution in [1.29, 1.82) is 0 Å². The topological polar surface area (TPSA) is 29.1 Å². The number of halogens is 1. The van der Waals surface area contributed by atoms with Crippen LogP contribution >= 0.6 is 15.9 Å². The largest absolute Gasteiger partial charge is 0.352 e. The Kier molecular flexibility index (Phi) is 7.91. The minimum Gasteiger partial charge on any atom is -0.352 e. The molecule has 0 saturated heterocycles. The van der Waals surface area contributed by atoms with Gasteiger partial charge in [0.1, 0.15) is 0 Å². The molecule has 0 heterocycles. The first-order chi connectivity index (χ1) is 8.24. The lowest BCUT2D eigenvalue weighted by Crippen LogP contribution is -2.42. The predicted molar refractivity (Wildman–Crippen MR) is 76.5 cm³/mol. The van der Waals surface area contributed by atoms with Crippen molar-refractivity contribution < 1.29 is 4.79 Å². The van der Waals surface area contributed by atoms with E-state index in [0.29, 0.717) is 17.3 Å². The van der Waals surface area contributed by atoms with E-state index in [1.807, 2.05) is 0 Å². The zero-order valence-corrected chi connectivity index (χ0v) is 12.6. The monoisotopic (exact) mass is 303 g/mol. The Labute approximate surface area is 114 Å². The highest BCUT2D eigenvalue weighted by Gasteiger charge is 2.23. The van der Waals surface area contributed by atoms with Crippen LogP contribution in [0.3, 0.4) is 0 Å². The number of carbonyl (C=O) groups excluding carboxylic acids is 1. The van der Waals surface area contributed by atoms with Gasteiger partial charge in [0.15, 0.2) is 0 Å². The number of nitrogens with one attached hydrogen (secondary N) is 1. The van der Waals surface area contributed by atoms with Crippen LogP contribution in [0, 0.1) is 0 Å². The maximum Gasteiger partial charge on any atom is 0.220 e. The first-order valence-electron chi connectivity index (χ1n) is 7.17. The molecular formula is C14H26BrNO. The van der Waals surface area contributed by atoms with Gasteiger partial charge in [-0.3, -0.25) is 4.79 Å². The second-order valence-electron chi connectivity index (χ2n) is 5.14. The van der Waals surface area contributed by atoms with Gasteiger partial charge in [-0.2, -0.15) is 0 Å². The van der Waals surface area contributed by atoms with E-state index in [0.717, 1.165) is 12.8 Å². The van der Waals surface area contributed by atoms with Crippen molar-refractivity contribution in [1.82, 2.24) is 5.32 Å². The summed E-state index contributed by atoms with van der Waals surface area (Å²) in [4.78, 5) is 12.2. The molecule has 1 aliphatic carbocycles. The van der Waals surface area contributed by atoms with Crippen LogP contribution < -0.4 is 5.32 Å². The number of alkyl halides is 1. The Hall–Kier alpha value is -0.0500. The Morgan fingerprint density at radius 2 is 1.88 bits per heavy atom. The summed E-state index contributed by atoms with van der Waals surface area (Å²) in [5, 5.41) is 3.17. The molecule has 0 aromatic rings. The van der Waals surface area contributed by atoms with Crippen LogP contribution in [0.4, 0.5) is 0 Å². The van der Waals surface area contributed by atoms with Crippen molar-refractivity contribution in [3.8, 4) is 0 Å². The maximum atomic E-state index is 11.8. The van der Waals surface area contributed by atoms with E-state index >= 15 is 0 Å². The maximum absolute atomic E-state index is 11.8. The van der Waals surface area contributed by atoms with Crippen molar-refractivity contribution in [2.24, 2.45) is 0 Å². The smallest absolute Gasteiger partial charge is 0.220 e. The van der Waals surface area contributed by atoms with Crippen LogP contribution in [0.2, 0.25) is 0 Å². The summed E-state index contributed by atoms with van der Waals surface area (Å²) in [6.07, 6.45) is 11.7. The molecule has 1 aliphatic rings. The van der Waals surface area contributed by atoms with Crippen LogP contribution in [0.5, 0.6) is 0 Å². The summed E-state index contributed by atoms with van der Waals surface area (Å²) < 4.78 is 0. The van der Waals surface area contributed by atoms with Gasteiger partial charge in [-0.15, -0.1) is 0 Å². The van der Waals surface area contributed by atoms with Crippen molar-refractivity contribution in [2.45, 2.75) is 82.0 Å². The number of hydrogen-bond donors (Lipinski definition) is 1. The van der Waals surface area contributed by atoms with E-state index in [2.05, 4.69) is 28.2 Å². The minimum absolute atomic E-state index is 0.248. The van der Waals surface area contributed by atoms with Gasteiger partial charge in [0.05, 0.1) is 0 Å². The lowest BCUT2D eigenvalue weighted by Gasteiger charge is -2.28.